The minimum absolute atomic E-state index is 0.0115. The Labute approximate surface area is 162 Å². The Morgan fingerprint density at radius 1 is 0.962 bits per heavy atom. The highest BCUT2D eigenvalue weighted by Gasteiger charge is 2.14. The van der Waals surface area contributed by atoms with E-state index in [0.29, 0.717) is 27.2 Å². The molecule has 2 rings (SSSR count). The molecule has 0 saturated carbocycles. The molecule has 0 aliphatic carbocycles. The third-order valence-electron chi connectivity index (χ3n) is 3.43. The summed E-state index contributed by atoms with van der Waals surface area (Å²) in [5.74, 6) is 0.149. The first-order valence-corrected chi connectivity index (χ1v) is 8.51. The van der Waals surface area contributed by atoms with Gasteiger partial charge in [0, 0.05) is 5.69 Å². The van der Waals surface area contributed by atoms with Crippen LogP contribution in [-0.4, -0.2) is 44.0 Å². The summed E-state index contributed by atoms with van der Waals surface area (Å²) >= 11 is 12.0. The number of nitrogens with zero attached hydrogens (tertiary/aromatic N) is 1. The van der Waals surface area contributed by atoms with Crippen LogP contribution in [0.3, 0.4) is 0 Å². The lowest BCUT2D eigenvalue weighted by atomic mass is 10.3. The van der Waals surface area contributed by atoms with Crippen molar-refractivity contribution in [2.45, 2.75) is 0 Å². The van der Waals surface area contributed by atoms with Gasteiger partial charge in [0.15, 0.2) is 0 Å². The number of benzene rings is 2. The zero-order chi connectivity index (χ0) is 19.1. The fraction of sp³-hybridized carbons (Fsp3) is 0.222. The fourth-order valence-corrected chi connectivity index (χ4v) is 2.71. The molecule has 0 fully saturated rings. The van der Waals surface area contributed by atoms with Crippen LogP contribution in [0.25, 0.3) is 0 Å². The van der Waals surface area contributed by atoms with Crippen LogP contribution in [0.15, 0.2) is 42.5 Å². The predicted molar refractivity (Wildman–Crippen MR) is 104 cm³/mol. The molecule has 2 N–H and O–H groups in total. The number of methoxy groups -OCH3 is 1. The van der Waals surface area contributed by atoms with Crippen LogP contribution >= 0.6 is 23.2 Å². The van der Waals surface area contributed by atoms with Crippen LogP contribution in [0.5, 0.6) is 5.75 Å². The Balaban J connectivity index is 1.84. The van der Waals surface area contributed by atoms with Gasteiger partial charge in [-0.2, -0.15) is 0 Å². The van der Waals surface area contributed by atoms with Crippen molar-refractivity contribution in [3.8, 4) is 5.75 Å². The molecular weight excluding hydrogens is 377 g/mol. The highest BCUT2D eigenvalue weighted by molar-refractivity contribution is 6.39. The van der Waals surface area contributed by atoms with Crippen LogP contribution in [0, 0.1) is 0 Å². The van der Waals surface area contributed by atoms with Crippen molar-refractivity contribution in [3.05, 3.63) is 52.5 Å². The van der Waals surface area contributed by atoms with E-state index < -0.39 is 0 Å². The van der Waals surface area contributed by atoms with E-state index in [4.69, 9.17) is 27.9 Å². The Morgan fingerprint density at radius 2 is 1.50 bits per heavy atom. The summed E-state index contributed by atoms with van der Waals surface area (Å²) in [7, 11) is 3.24. The average molecular weight is 396 g/mol. The van der Waals surface area contributed by atoms with E-state index in [1.807, 2.05) is 0 Å². The Bertz CT molecular complexity index is 762. The number of halogens is 2. The van der Waals surface area contributed by atoms with Gasteiger partial charge in [-0.05, 0) is 43.4 Å². The van der Waals surface area contributed by atoms with E-state index in [1.54, 1.807) is 61.5 Å². The van der Waals surface area contributed by atoms with Crippen LogP contribution in [0.4, 0.5) is 11.4 Å². The number of rotatable bonds is 7. The maximum absolute atomic E-state index is 12.1. The molecule has 138 valence electrons. The molecule has 0 heterocycles. The van der Waals surface area contributed by atoms with E-state index in [-0.39, 0.29) is 24.9 Å². The van der Waals surface area contributed by atoms with Crippen LogP contribution in [0.2, 0.25) is 10.0 Å². The maximum Gasteiger partial charge on any atom is 0.238 e. The number of hydrogen-bond donors (Lipinski definition) is 2. The second-order valence-corrected chi connectivity index (χ2v) is 6.41. The molecule has 8 heteroatoms. The first-order valence-electron chi connectivity index (χ1n) is 7.75. The van der Waals surface area contributed by atoms with Crippen molar-refractivity contribution in [3.63, 3.8) is 0 Å². The zero-order valence-electron chi connectivity index (χ0n) is 14.4. The van der Waals surface area contributed by atoms with Crippen molar-refractivity contribution in [2.75, 3.05) is 37.9 Å². The minimum Gasteiger partial charge on any atom is -0.497 e. The van der Waals surface area contributed by atoms with E-state index in [2.05, 4.69) is 10.6 Å². The molecule has 26 heavy (non-hydrogen) atoms. The van der Waals surface area contributed by atoms with Crippen LogP contribution in [0.1, 0.15) is 0 Å². The molecular formula is C18H19Cl2N3O3. The van der Waals surface area contributed by atoms with E-state index >= 15 is 0 Å². The molecule has 0 aliphatic rings. The molecule has 0 atom stereocenters. The second-order valence-electron chi connectivity index (χ2n) is 5.59. The standard InChI is InChI=1S/C18H19Cl2N3O3/c1-23(10-16(24)21-12-6-8-13(26-2)9-7-12)11-17(25)22-18-14(19)4-3-5-15(18)20/h3-9H,10-11H2,1-2H3,(H,21,24)(H,22,25). The van der Waals surface area contributed by atoms with Gasteiger partial charge in [-0.15, -0.1) is 0 Å². The van der Waals surface area contributed by atoms with E-state index in [1.165, 1.54) is 0 Å². The number of carbonyl (C=O) groups excluding carboxylic acids is 2. The molecule has 2 aromatic carbocycles. The molecule has 2 aromatic rings. The topological polar surface area (TPSA) is 70.7 Å². The Hall–Kier alpha value is -2.28. The summed E-state index contributed by atoms with van der Waals surface area (Å²) in [6.07, 6.45) is 0. The number of amides is 2. The SMILES string of the molecule is COc1ccc(NC(=O)CN(C)CC(=O)Nc2c(Cl)cccc2Cl)cc1. The minimum atomic E-state index is -0.320. The van der Waals surface area contributed by atoms with Crippen molar-refractivity contribution < 1.29 is 14.3 Å². The lowest BCUT2D eigenvalue weighted by molar-refractivity contribution is -0.119. The number of likely N-dealkylation sites (N-methyl/N-ethyl adjacent to an activating group) is 1. The summed E-state index contributed by atoms with van der Waals surface area (Å²) in [6.45, 7) is 0.0628. The largest absolute Gasteiger partial charge is 0.497 e. The van der Waals surface area contributed by atoms with E-state index in [0.717, 1.165) is 0 Å². The summed E-state index contributed by atoms with van der Waals surface area (Å²) in [5.41, 5.74) is 1.01. The highest BCUT2D eigenvalue weighted by Crippen LogP contribution is 2.29. The van der Waals surface area contributed by atoms with Crippen molar-refractivity contribution in [1.82, 2.24) is 4.90 Å². The molecule has 2 amide bonds. The normalized spacial score (nSPS) is 10.5. The summed E-state index contributed by atoms with van der Waals surface area (Å²) in [6, 6.07) is 11.9. The zero-order valence-corrected chi connectivity index (χ0v) is 15.9. The number of nitrogens with one attached hydrogen (secondary N) is 2. The highest BCUT2D eigenvalue weighted by atomic mass is 35.5. The quantitative estimate of drug-likeness (QED) is 0.752. The van der Waals surface area contributed by atoms with Gasteiger partial charge >= 0.3 is 0 Å². The molecule has 0 bridgehead atoms. The summed E-state index contributed by atoms with van der Waals surface area (Å²) in [4.78, 5) is 25.8. The lowest BCUT2D eigenvalue weighted by Gasteiger charge is -2.17. The van der Waals surface area contributed by atoms with E-state index in [9.17, 15) is 9.59 Å². The molecule has 0 aliphatic heterocycles. The molecule has 0 saturated heterocycles. The van der Waals surface area contributed by atoms with Crippen molar-refractivity contribution >= 4 is 46.4 Å². The van der Waals surface area contributed by atoms with Crippen LogP contribution < -0.4 is 15.4 Å². The number of ether oxygens (including phenoxy) is 1. The first-order chi connectivity index (χ1) is 12.4. The molecule has 0 radical (unpaired) electrons. The second kappa shape index (κ2) is 9.43. The van der Waals surface area contributed by atoms with Gasteiger partial charge in [-0.1, -0.05) is 29.3 Å². The number of para-hydroxylation sites is 1. The van der Waals surface area contributed by atoms with Gasteiger partial charge in [-0.25, -0.2) is 0 Å². The van der Waals surface area contributed by atoms with Gasteiger partial charge in [0.05, 0.1) is 35.9 Å². The molecule has 0 aromatic heterocycles. The summed E-state index contributed by atoms with van der Waals surface area (Å²) < 4.78 is 5.06. The number of hydrogen-bond acceptors (Lipinski definition) is 4. The monoisotopic (exact) mass is 395 g/mol. The van der Waals surface area contributed by atoms with Gasteiger partial charge < -0.3 is 15.4 Å². The van der Waals surface area contributed by atoms with Gasteiger partial charge in [0.1, 0.15) is 5.75 Å². The molecule has 0 spiro atoms. The van der Waals surface area contributed by atoms with Gasteiger partial charge in [-0.3, -0.25) is 14.5 Å². The Kier molecular flexibility index (Phi) is 7.26. The lowest BCUT2D eigenvalue weighted by Crippen LogP contribution is -2.36. The predicted octanol–water partition coefficient (Wildman–Crippen LogP) is 3.51. The third-order valence-corrected chi connectivity index (χ3v) is 4.06. The Morgan fingerprint density at radius 3 is 2.04 bits per heavy atom. The first kappa shape index (κ1) is 20.0. The summed E-state index contributed by atoms with van der Waals surface area (Å²) in [5, 5.41) is 6.12. The molecule has 0 unspecified atom stereocenters. The average Bonchev–Trinajstić information content (AvgIpc) is 2.58. The number of anilines is 2. The number of carbonyl (C=O) groups is 2. The maximum atomic E-state index is 12.1. The van der Waals surface area contributed by atoms with Gasteiger partial charge in [0.25, 0.3) is 0 Å². The fourth-order valence-electron chi connectivity index (χ4n) is 2.22. The molecule has 6 nitrogen and oxygen atoms in total. The van der Waals surface area contributed by atoms with Gasteiger partial charge in [0.2, 0.25) is 11.8 Å². The smallest absolute Gasteiger partial charge is 0.238 e. The van der Waals surface area contributed by atoms with Crippen molar-refractivity contribution in [2.24, 2.45) is 0 Å². The third kappa shape index (κ3) is 5.91. The van der Waals surface area contributed by atoms with Crippen molar-refractivity contribution in [1.29, 1.82) is 0 Å². The van der Waals surface area contributed by atoms with Crippen LogP contribution in [-0.2, 0) is 9.59 Å².